The third-order valence-corrected chi connectivity index (χ3v) is 3.99. The van der Waals surface area contributed by atoms with Crippen molar-refractivity contribution in [3.63, 3.8) is 0 Å². The molecule has 1 fully saturated rings. The predicted molar refractivity (Wildman–Crippen MR) is 85.3 cm³/mol. The molecule has 0 amide bonds. The molecule has 0 bridgehead atoms. The van der Waals surface area contributed by atoms with Gasteiger partial charge >= 0.3 is 0 Å². The van der Waals surface area contributed by atoms with Crippen molar-refractivity contribution in [1.82, 2.24) is 15.5 Å². The van der Waals surface area contributed by atoms with E-state index in [0.29, 0.717) is 5.16 Å². The molecular formula is C14H18Cl2N4O. The van der Waals surface area contributed by atoms with Gasteiger partial charge in [-0.2, -0.15) is 0 Å². The average Bonchev–Trinajstić information content (AvgIpc) is 2.50. The Hall–Kier alpha value is -0.980. The summed E-state index contributed by atoms with van der Waals surface area (Å²) in [4.78, 5) is 2.27. The molecule has 0 aromatic heterocycles. The summed E-state index contributed by atoms with van der Waals surface area (Å²) in [5, 5.41) is 11.4. The zero-order chi connectivity index (χ0) is 14.7. The summed E-state index contributed by atoms with van der Waals surface area (Å²) in [7, 11) is 0. The third kappa shape index (κ3) is 4.02. The summed E-state index contributed by atoms with van der Waals surface area (Å²) in [6.07, 6.45) is 1.86. The number of ether oxygens (including phenoxy) is 1. The molecule has 2 heterocycles. The Balaban J connectivity index is 1.64. The number of anilines is 1. The molecule has 1 saturated heterocycles. The van der Waals surface area contributed by atoms with Crippen LogP contribution >= 0.6 is 23.2 Å². The molecule has 3 N–H and O–H groups in total. The number of nitrogens with one attached hydrogen (secondary N) is 3. The van der Waals surface area contributed by atoms with E-state index < -0.39 is 0 Å². The van der Waals surface area contributed by atoms with Gasteiger partial charge in [0.05, 0.1) is 13.2 Å². The number of morpholine rings is 1. The lowest BCUT2D eigenvalue weighted by Crippen LogP contribution is -2.62. The molecule has 1 aromatic carbocycles. The van der Waals surface area contributed by atoms with E-state index >= 15 is 0 Å². The van der Waals surface area contributed by atoms with Crippen molar-refractivity contribution in [1.29, 1.82) is 0 Å². The largest absolute Gasteiger partial charge is 0.379 e. The summed E-state index contributed by atoms with van der Waals surface area (Å²) in [5.74, 6) is 0. The molecule has 2 aliphatic heterocycles. The molecule has 21 heavy (non-hydrogen) atoms. The van der Waals surface area contributed by atoms with Crippen molar-refractivity contribution in [2.75, 3.05) is 31.6 Å². The monoisotopic (exact) mass is 328 g/mol. The molecule has 114 valence electrons. The van der Waals surface area contributed by atoms with Gasteiger partial charge in [-0.15, -0.1) is 0 Å². The second kappa shape index (κ2) is 6.85. The summed E-state index contributed by atoms with van der Waals surface area (Å²) >= 11 is 12.1. The van der Waals surface area contributed by atoms with Gasteiger partial charge in [0.1, 0.15) is 17.6 Å². The summed E-state index contributed by atoms with van der Waals surface area (Å²) < 4.78 is 5.38. The van der Waals surface area contributed by atoms with E-state index in [9.17, 15) is 0 Å². The van der Waals surface area contributed by atoms with Crippen molar-refractivity contribution in [3.05, 3.63) is 40.5 Å². The van der Waals surface area contributed by atoms with Gasteiger partial charge in [0.25, 0.3) is 0 Å². The van der Waals surface area contributed by atoms with Gasteiger partial charge in [0.2, 0.25) is 0 Å². The van der Waals surface area contributed by atoms with Gasteiger partial charge in [-0.1, -0.05) is 23.2 Å². The first-order valence-electron chi connectivity index (χ1n) is 6.94. The fourth-order valence-electron chi connectivity index (χ4n) is 2.43. The van der Waals surface area contributed by atoms with E-state index in [1.165, 1.54) is 0 Å². The first-order chi connectivity index (χ1) is 10.2. The minimum atomic E-state index is -0.0484. The Kier molecular flexibility index (Phi) is 4.87. The van der Waals surface area contributed by atoms with Crippen molar-refractivity contribution in [3.8, 4) is 0 Å². The van der Waals surface area contributed by atoms with Crippen LogP contribution in [-0.2, 0) is 4.74 Å². The Labute approximate surface area is 134 Å². The Bertz CT molecular complexity index is 502. The van der Waals surface area contributed by atoms with Crippen LogP contribution in [-0.4, -0.2) is 43.7 Å². The molecular weight excluding hydrogens is 311 g/mol. The van der Waals surface area contributed by atoms with E-state index in [1.807, 2.05) is 30.3 Å². The summed E-state index contributed by atoms with van der Waals surface area (Å²) in [6, 6.07) is 7.60. The number of hydrogen-bond acceptors (Lipinski definition) is 5. The topological polar surface area (TPSA) is 48.6 Å². The zero-order valence-corrected chi connectivity index (χ0v) is 13.0. The molecule has 1 aromatic rings. The van der Waals surface area contributed by atoms with Gasteiger partial charge < -0.3 is 15.4 Å². The molecule has 7 heteroatoms. The molecule has 2 aliphatic rings. The molecule has 0 spiro atoms. The lowest BCUT2D eigenvalue weighted by molar-refractivity contribution is 0.000441. The highest BCUT2D eigenvalue weighted by Gasteiger charge is 2.26. The van der Waals surface area contributed by atoms with Gasteiger partial charge in [0.15, 0.2) is 0 Å². The van der Waals surface area contributed by atoms with Crippen molar-refractivity contribution < 1.29 is 4.74 Å². The van der Waals surface area contributed by atoms with Crippen molar-refractivity contribution in [2.45, 2.75) is 12.5 Å². The average molecular weight is 329 g/mol. The Morgan fingerprint density at radius 2 is 1.86 bits per heavy atom. The highest BCUT2D eigenvalue weighted by Crippen LogP contribution is 2.17. The first kappa shape index (κ1) is 14.9. The standard InChI is InChI=1S/C14H18Cl2N4O/c15-10-1-3-11(4-2-10)17-13-9-12(16)18-14(19-13)20-5-7-21-8-6-20/h1-4,9,13-14,17-19H,5-8H2. The van der Waals surface area contributed by atoms with Crippen LogP contribution < -0.4 is 16.0 Å². The lowest BCUT2D eigenvalue weighted by Gasteiger charge is -2.40. The molecule has 3 rings (SSSR count). The fraction of sp³-hybridized carbons (Fsp3) is 0.429. The van der Waals surface area contributed by atoms with Crippen LogP contribution in [0.2, 0.25) is 5.02 Å². The molecule has 0 saturated carbocycles. The van der Waals surface area contributed by atoms with Crippen LogP contribution in [0.15, 0.2) is 35.5 Å². The number of nitrogens with zero attached hydrogens (tertiary/aromatic N) is 1. The van der Waals surface area contributed by atoms with Gasteiger partial charge in [-0.3, -0.25) is 10.2 Å². The van der Waals surface area contributed by atoms with E-state index in [-0.39, 0.29) is 12.5 Å². The van der Waals surface area contributed by atoms with E-state index in [4.69, 9.17) is 27.9 Å². The van der Waals surface area contributed by atoms with E-state index in [2.05, 4.69) is 20.9 Å². The van der Waals surface area contributed by atoms with Gasteiger partial charge in [0, 0.05) is 23.8 Å². The second-order valence-electron chi connectivity index (χ2n) is 5.01. The van der Waals surface area contributed by atoms with Crippen LogP contribution in [0, 0.1) is 0 Å². The van der Waals surface area contributed by atoms with Gasteiger partial charge in [-0.05, 0) is 30.3 Å². The minimum absolute atomic E-state index is 0.00352. The van der Waals surface area contributed by atoms with Gasteiger partial charge in [-0.25, -0.2) is 0 Å². The lowest BCUT2D eigenvalue weighted by atomic mass is 10.3. The smallest absolute Gasteiger partial charge is 0.137 e. The van der Waals surface area contributed by atoms with E-state index in [0.717, 1.165) is 37.0 Å². The SMILES string of the molecule is ClC1=CC(Nc2ccc(Cl)cc2)NC(N2CCOCC2)N1. The summed E-state index contributed by atoms with van der Waals surface area (Å²) in [5.41, 5.74) is 0.986. The molecule has 2 atom stereocenters. The normalized spacial score (nSPS) is 26.9. The number of halogens is 2. The molecule has 2 unspecified atom stereocenters. The van der Waals surface area contributed by atoms with Crippen LogP contribution in [0.1, 0.15) is 0 Å². The maximum absolute atomic E-state index is 6.21. The first-order valence-corrected chi connectivity index (χ1v) is 7.70. The van der Waals surface area contributed by atoms with Crippen molar-refractivity contribution >= 4 is 28.9 Å². The fourth-order valence-corrected chi connectivity index (χ4v) is 2.78. The molecule has 0 aliphatic carbocycles. The second-order valence-corrected chi connectivity index (χ2v) is 5.85. The molecule has 5 nitrogen and oxygen atoms in total. The Morgan fingerprint density at radius 3 is 2.57 bits per heavy atom. The van der Waals surface area contributed by atoms with Crippen molar-refractivity contribution in [2.24, 2.45) is 0 Å². The number of hydrogen-bond donors (Lipinski definition) is 3. The molecule has 0 radical (unpaired) electrons. The van der Waals surface area contributed by atoms with E-state index in [1.54, 1.807) is 0 Å². The quantitative estimate of drug-likeness (QED) is 0.740. The third-order valence-electron chi connectivity index (χ3n) is 3.50. The van der Waals surface area contributed by atoms with Crippen LogP contribution in [0.5, 0.6) is 0 Å². The van der Waals surface area contributed by atoms with Crippen LogP contribution in [0.4, 0.5) is 5.69 Å². The number of rotatable bonds is 3. The highest BCUT2D eigenvalue weighted by molar-refractivity contribution is 6.30. The zero-order valence-electron chi connectivity index (χ0n) is 11.5. The number of benzene rings is 1. The minimum Gasteiger partial charge on any atom is -0.379 e. The van der Waals surface area contributed by atoms with Crippen LogP contribution in [0.25, 0.3) is 0 Å². The maximum atomic E-state index is 6.21. The maximum Gasteiger partial charge on any atom is 0.137 e. The van der Waals surface area contributed by atoms with Crippen LogP contribution in [0.3, 0.4) is 0 Å². The summed E-state index contributed by atoms with van der Waals surface area (Å²) in [6.45, 7) is 3.25. The Morgan fingerprint density at radius 1 is 1.14 bits per heavy atom. The predicted octanol–water partition coefficient (Wildman–Crippen LogP) is 1.97. The highest BCUT2D eigenvalue weighted by atomic mass is 35.5.